The molecule has 0 aromatic heterocycles. The average molecular weight is 642 g/mol. The van der Waals surface area contributed by atoms with E-state index in [4.69, 9.17) is 21.1 Å². The van der Waals surface area contributed by atoms with Gasteiger partial charge in [-0.1, -0.05) is 29.8 Å². The van der Waals surface area contributed by atoms with Crippen LogP contribution in [0.15, 0.2) is 48.6 Å². The lowest BCUT2D eigenvalue weighted by molar-refractivity contribution is 0.0455. The quantitative estimate of drug-likeness (QED) is 0.473. The number of fused-ring (bicyclic) bond motifs is 4. The highest BCUT2D eigenvalue weighted by atomic mass is 35.5. The smallest absolute Gasteiger partial charge is 0.304 e. The number of anilines is 1. The number of aryl methyl sites for hydroxylation is 1. The fourth-order valence-electron chi connectivity index (χ4n) is 7.80. The molecule has 2 bridgehead atoms. The molecule has 1 amide bonds. The number of aliphatic hydroxyl groups excluding tert-OH is 1. The van der Waals surface area contributed by atoms with Gasteiger partial charge in [-0.05, 0) is 98.2 Å². The van der Waals surface area contributed by atoms with E-state index in [1.807, 2.05) is 6.07 Å². The molecular formula is C33H40ClN3O6S. The van der Waals surface area contributed by atoms with E-state index in [1.165, 1.54) is 15.4 Å². The van der Waals surface area contributed by atoms with E-state index < -0.39 is 22.2 Å². The van der Waals surface area contributed by atoms with Crippen molar-refractivity contribution >= 4 is 33.4 Å². The molecule has 1 unspecified atom stereocenters. The number of nitrogens with one attached hydrogen (secondary N) is 1. The van der Waals surface area contributed by atoms with Gasteiger partial charge in [0.25, 0.3) is 5.91 Å². The maximum Gasteiger partial charge on any atom is 0.304 e. The van der Waals surface area contributed by atoms with Gasteiger partial charge >= 0.3 is 10.2 Å². The van der Waals surface area contributed by atoms with Crippen LogP contribution < -0.4 is 14.4 Å². The third-order valence-corrected chi connectivity index (χ3v) is 12.0. The van der Waals surface area contributed by atoms with Crippen LogP contribution in [0.1, 0.15) is 60.0 Å². The Morgan fingerprint density at radius 3 is 2.80 bits per heavy atom. The van der Waals surface area contributed by atoms with Gasteiger partial charge in [0.05, 0.1) is 24.5 Å². The molecule has 2 N–H and O–H groups in total. The van der Waals surface area contributed by atoms with Crippen LogP contribution in [-0.4, -0.2) is 75.3 Å². The second-order valence-corrected chi connectivity index (χ2v) is 15.2. The highest BCUT2D eigenvalue weighted by molar-refractivity contribution is 7.87. The maximum absolute atomic E-state index is 13.5. The molecule has 5 atom stereocenters. The van der Waals surface area contributed by atoms with Crippen molar-refractivity contribution in [1.82, 2.24) is 9.03 Å². The topological polar surface area (TPSA) is 108 Å². The fourth-order valence-corrected chi connectivity index (χ4v) is 9.12. The summed E-state index contributed by atoms with van der Waals surface area (Å²) in [7, 11) is -4.19. The molecule has 11 heteroatoms. The van der Waals surface area contributed by atoms with E-state index in [0.717, 1.165) is 55.7 Å². The molecule has 3 heterocycles. The third kappa shape index (κ3) is 5.75. The Hall–Kier alpha value is -2.63. The number of benzene rings is 2. The molecule has 0 radical (unpaired) electrons. The first kappa shape index (κ1) is 30.0. The van der Waals surface area contributed by atoms with E-state index in [-0.39, 0.29) is 42.0 Å². The minimum Gasteiger partial charge on any atom is -0.490 e. The van der Waals surface area contributed by atoms with Gasteiger partial charge in [0.2, 0.25) is 0 Å². The number of carbonyl (C=O) groups excluding carboxylic acids is 1. The number of rotatable bonds is 2. The normalized spacial score (nSPS) is 32.6. The van der Waals surface area contributed by atoms with Gasteiger partial charge in [-0.3, -0.25) is 4.79 Å². The van der Waals surface area contributed by atoms with Crippen molar-refractivity contribution in [3.63, 3.8) is 0 Å². The molecule has 7 rings (SSSR count). The molecule has 1 spiro atoms. The Balaban J connectivity index is 1.26. The van der Waals surface area contributed by atoms with Gasteiger partial charge in [0, 0.05) is 48.8 Å². The standard InChI is InChI=1S/C33H40ClN3O6S/c34-25-9-11-28-22(16-25)4-1-13-33(28)20-36-18-24-7-10-27(24)30(38)6-2-14-37(19-26-5-3-15-42-26)44(40,41)35-32(39)23-8-12-31(43-21-33)29(36)17-23/h2,6,8-9,11-12,16-17,24,26-27,30,38H,1,3-5,7,10,13-15,18-21H2,(H,35,39)/b6-2+/t24-,26?,27+,30-,33-/m0/s1. The van der Waals surface area contributed by atoms with Crippen LogP contribution in [0.25, 0.3) is 0 Å². The highest BCUT2D eigenvalue weighted by Gasteiger charge is 2.44. The van der Waals surface area contributed by atoms with Crippen molar-refractivity contribution in [3.05, 3.63) is 70.3 Å². The van der Waals surface area contributed by atoms with Crippen molar-refractivity contribution in [2.24, 2.45) is 11.8 Å². The van der Waals surface area contributed by atoms with Crippen LogP contribution in [-0.2, 0) is 26.8 Å². The molecule has 236 valence electrons. The zero-order valence-corrected chi connectivity index (χ0v) is 26.4. The largest absolute Gasteiger partial charge is 0.490 e. The summed E-state index contributed by atoms with van der Waals surface area (Å²) < 4.78 is 42.9. The molecule has 44 heavy (non-hydrogen) atoms. The molecule has 2 aromatic carbocycles. The Bertz CT molecular complexity index is 1560. The number of hydrogen-bond acceptors (Lipinski definition) is 7. The number of halogens is 1. The van der Waals surface area contributed by atoms with Crippen molar-refractivity contribution in [2.75, 3.05) is 44.3 Å². The average Bonchev–Trinajstić information content (AvgIpc) is 3.44. The maximum atomic E-state index is 13.5. The van der Waals surface area contributed by atoms with E-state index in [2.05, 4.69) is 21.8 Å². The van der Waals surface area contributed by atoms with Crippen molar-refractivity contribution in [1.29, 1.82) is 0 Å². The van der Waals surface area contributed by atoms with Gasteiger partial charge in [-0.2, -0.15) is 12.7 Å². The summed E-state index contributed by atoms with van der Waals surface area (Å²) in [6, 6.07) is 11.3. The van der Waals surface area contributed by atoms with Gasteiger partial charge in [0.1, 0.15) is 5.75 Å². The van der Waals surface area contributed by atoms with E-state index in [0.29, 0.717) is 32.1 Å². The molecular weight excluding hydrogens is 602 g/mol. The number of nitrogens with zero attached hydrogens (tertiary/aromatic N) is 2. The summed E-state index contributed by atoms with van der Waals surface area (Å²) in [5, 5.41) is 12.0. The molecule has 1 saturated carbocycles. The second kappa shape index (κ2) is 11.9. The lowest BCUT2D eigenvalue weighted by Gasteiger charge is -2.45. The molecule has 2 aliphatic carbocycles. The number of amides is 1. The zero-order valence-electron chi connectivity index (χ0n) is 24.8. The Labute approximate surface area is 264 Å². The number of aliphatic hydroxyl groups is 1. The summed E-state index contributed by atoms with van der Waals surface area (Å²) >= 11 is 6.39. The Morgan fingerprint density at radius 2 is 2.00 bits per heavy atom. The van der Waals surface area contributed by atoms with Gasteiger partial charge < -0.3 is 19.5 Å². The highest BCUT2D eigenvalue weighted by Crippen LogP contribution is 2.46. The monoisotopic (exact) mass is 641 g/mol. The summed E-state index contributed by atoms with van der Waals surface area (Å²) in [6.45, 7) is 2.63. The third-order valence-electron chi connectivity index (χ3n) is 10.3. The minimum atomic E-state index is -4.19. The lowest BCUT2D eigenvalue weighted by Crippen LogP contribution is -2.49. The zero-order chi connectivity index (χ0) is 30.5. The predicted octanol–water partition coefficient (Wildman–Crippen LogP) is 4.23. The molecule has 2 fully saturated rings. The number of carbonyl (C=O) groups is 1. The summed E-state index contributed by atoms with van der Waals surface area (Å²) in [5.41, 5.74) is 3.25. The first-order valence-corrected chi connectivity index (χ1v) is 17.6. The molecule has 9 nitrogen and oxygen atoms in total. The molecule has 3 aliphatic heterocycles. The summed E-state index contributed by atoms with van der Waals surface area (Å²) in [5.74, 6) is 0.272. The van der Waals surface area contributed by atoms with Crippen LogP contribution in [0.3, 0.4) is 0 Å². The van der Waals surface area contributed by atoms with E-state index in [1.54, 1.807) is 30.4 Å². The van der Waals surface area contributed by atoms with Gasteiger partial charge in [0.15, 0.2) is 0 Å². The van der Waals surface area contributed by atoms with Gasteiger partial charge in [-0.25, -0.2) is 4.72 Å². The van der Waals surface area contributed by atoms with Crippen molar-refractivity contribution in [3.8, 4) is 5.75 Å². The Morgan fingerprint density at radius 1 is 1.11 bits per heavy atom. The van der Waals surface area contributed by atoms with Crippen LogP contribution >= 0.6 is 11.6 Å². The minimum absolute atomic E-state index is 0.0347. The fraction of sp³-hybridized carbons (Fsp3) is 0.545. The Kier molecular flexibility index (Phi) is 8.16. The predicted molar refractivity (Wildman–Crippen MR) is 169 cm³/mol. The van der Waals surface area contributed by atoms with Gasteiger partial charge in [-0.15, -0.1) is 0 Å². The molecule has 1 saturated heterocycles. The summed E-state index contributed by atoms with van der Waals surface area (Å²) in [6.07, 6.45) is 8.96. The first-order valence-electron chi connectivity index (χ1n) is 15.8. The first-order chi connectivity index (χ1) is 21.2. The molecule has 2 aromatic rings. The SMILES string of the molecule is O=C1NS(=O)(=O)N(CC2CCCO2)C/C=C/[C@H](O)[C@@H]2CC[C@H]2CN2C[C@@]3(CCCc4cc(Cl)ccc43)COc3ccc1cc32. The summed E-state index contributed by atoms with van der Waals surface area (Å²) in [4.78, 5) is 15.8. The number of ether oxygens (including phenoxy) is 2. The van der Waals surface area contributed by atoms with Crippen LogP contribution in [0, 0.1) is 11.8 Å². The van der Waals surface area contributed by atoms with Crippen LogP contribution in [0.2, 0.25) is 5.02 Å². The molecule has 5 aliphatic rings. The van der Waals surface area contributed by atoms with E-state index >= 15 is 0 Å². The lowest BCUT2D eigenvalue weighted by atomic mass is 9.68. The van der Waals surface area contributed by atoms with Crippen molar-refractivity contribution in [2.45, 2.75) is 62.6 Å². The number of hydrogen-bond donors (Lipinski definition) is 2. The van der Waals surface area contributed by atoms with Crippen LogP contribution in [0.4, 0.5) is 5.69 Å². The van der Waals surface area contributed by atoms with Crippen LogP contribution in [0.5, 0.6) is 5.75 Å². The van der Waals surface area contributed by atoms with E-state index in [9.17, 15) is 18.3 Å². The second-order valence-electron chi connectivity index (χ2n) is 13.1. The van der Waals surface area contributed by atoms with Crippen molar-refractivity contribution < 1.29 is 27.8 Å².